The summed E-state index contributed by atoms with van der Waals surface area (Å²) in [7, 11) is 1.95. The van der Waals surface area contributed by atoms with Crippen LogP contribution in [0.1, 0.15) is 27.9 Å². The first-order chi connectivity index (χ1) is 10.8. The van der Waals surface area contributed by atoms with Crippen molar-refractivity contribution < 1.29 is 19.1 Å². The van der Waals surface area contributed by atoms with E-state index in [9.17, 15) is 9.59 Å². The number of hydrogen-bond acceptors (Lipinski definition) is 3. The van der Waals surface area contributed by atoms with Gasteiger partial charge in [0.25, 0.3) is 5.91 Å². The molecule has 0 spiro atoms. The van der Waals surface area contributed by atoms with E-state index in [1.807, 2.05) is 7.05 Å². The van der Waals surface area contributed by atoms with Crippen molar-refractivity contribution in [2.75, 3.05) is 26.7 Å². The number of carbonyl (C=O) groups excluding carboxylic acids is 1. The maximum absolute atomic E-state index is 15.0. The van der Waals surface area contributed by atoms with E-state index >= 15 is 4.39 Å². The van der Waals surface area contributed by atoms with E-state index < -0.39 is 17.5 Å². The zero-order valence-electron chi connectivity index (χ0n) is 13.4. The third-order valence-electron chi connectivity index (χ3n) is 5.01. The molecular formula is C17H21FN2O3. The molecule has 2 fully saturated rings. The van der Waals surface area contributed by atoms with Crippen molar-refractivity contribution in [2.45, 2.75) is 25.6 Å². The number of likely N-dealkylation sites (tertiary alicyclic amines) is 2. The Bertz CT molecular complexity index is 663. The number of carbonyl (C=O) groups is 2. The number of rotatable bonds is 3. The fraction of sp³-hybridized carbons (Fsp3) is 0.529. The first-order valence-corrected chi connectivity index (χ1v) is 7.81. The third-order valence-corrected chi connectivity index (χ3v) is 5.01. The molecule has 5 nitrogen and oxygen atoms in total. The van der Waals surface area contributed by atoms with Crippen LogP contribution < -0.4 is 0 Å². The van der Waals surface area contributed by atoms with Gasteiger partial charge in [-0.2, -0.15) is 0 Å². The van der Waals surface area contributed by atoms with Crippen molar-refractivity contribution in [3.05, 3.63) is 34.9 Å². The molecule has 1 aromatic rings. The molecule has 124 valence electrons. The van der Waals surface area contributed by atoms with Gasteiger partial charge in [0.05, 0.1) is 5.56 Å². The first kappa shape index (κ1) is 15.9. The van der Waals surface area contributed by atoms with Crippen molar-refractivity contribution in [1.29, 1.82) is 0 Å². The van der Waals surface area contributed by atoms with Crippen molar-refractivity contribution in [3.63, 3.8) is 0 Å². The minimum atomic E-state index is -1.73. The van der Waals surface area contributed by atoms with Crippen LogP contribution in [0, 0.1) is 12.8 Å². The number of fused-ring (bicyclic) bond motifs is 1. The van der Waals surface area contributed by atoms with Crippen LogP contribution in [0.3, 0.4) is 0 Å². The Hall–Kier alpha value is -1.95. The maximum Gasteiger partial charge on any atom is 0.335 e. The molecule has 1 aromatic carbocycles. The Balaban J connectivity index is 1.78. The van der Waals surface area contributed by atoms with E-state index in [0.29, 0.717) is 31.7 Å². The Morgan fingerprint density at radius 1 is 1.43 bits per heavy atom. The Labute approximate surface area is 134 Å². The lowest BCUT2D eigenvalue weighted by Gasteiger charge is -2.34. The molecule has 3 rings (SSSR count). The van der Waals surface area contributed by atoms with Crippen LogP contribution in [-0.4, -0.2) is 59.1 Å². The molecule has 2 atom stereocenters. The molecule has 2 heterocycles. The van der Waals surface area contributed by atoms with Gasteiger partial charge in [0.15, 0.2) is 5.67 Å². The smallest absolute Gasteiger partial charge is 0.335 e. The highest BCUT2D eigenvalue weighted by Crippen LogP contribution is 2.39. The summed E-state index contributed by atoms with van der Waals surface area (Å²) in [6.07, 6.45) is 0.250. The van der Waals surface area contributed by atoms with Crippen LogP contribution in [0.4, 0.5) is 4.39 Å². The SMILES string of the molecule is Cc1cc(CN2C[C@@H]3CN(C)CC[C@]3(F)C2=O)ccc1C(=O)O. The van der Waals surface area contributed by atoms with Crippen molar-refractivity contribution in [3.8, 4) is 0 Å². The summed E-state index contributed by atoms with van der Waals surface area (Å²) in [5.74, 6) is -1.67. The normalized spacial score (nSPS) is 28.0. The molecule has 2 saturated heterocycles. The molecule has 2 aliphatic rings. The second-order valence-corrected chi connectivity index (χ2v) is 6.71. The zero-order valence-corrected chi connectivity index (χ0v) is 13.4. The number of amides is 1. The number of carboxylic acids is 1. The molecule has 0 aromatic heterocycles. The molecule has 0 aliphatic carbocycles. The van der Waals surface area contributed by atoms with Crippen LogP contribution in [0.5, 0.6) is 0 Å². The first-order valence-electron chi connectivity index (χ1n) is 7.81. The number of carboxylic acid groups (broad SMARTS) is 1. The van der Waals surface area contributed by atoms with Crippen LogP contribution in [-0.2, 0) is 11.3 Å². The van der Waals surface area contributed by atoms with E-state index in [2.05, 4.69) is 4.90 Å². The summed E-state index contributed by atoms with van der Waals surface area (Å²) >= 11 is 0. The van der Waals surface area contributed by atoms with Crippen LogP contribution in [0.2, 0.25) is 0 Å². The maximum atomic E-state index is 15.0. The second-order valence-electron chi connectivity index (χ2n) is 6.71. The minimum absolute atomic E-state index is 0.249. The van der Waals surface area contributed by atoms with Crippen LogP contribution in [0.15, 0.2) is 18.2 Å². The summed E-state index contributed by atoms with van der Waals surface area (Å²) in [6.45, 7) is 3.66. The molecule has 0 unspecified atom stereocenters. The lowest BCUT2D eigenvalue weighted by Crippen LogP contribution is -2.49. The van der Waals surface area contributed by atoms with Gasteiger partial charge in [0.2, 0.25) is 0 Å². The van der Waals surface area contributed by atoms with Crippen molar-refractivity contribution >= 4 is 11.9 Å². The number of aromatic carboxylic acids is 1. The molecule has 1 amide bonds. The molecule has 23 heavy (non-hydrogen) atoms. The van der Waals surface area contributed by atoms with Gasteiger partial charge in [-0.05, 0) is 31.2 Å². The summed E-state index contributed by atoms with van der Waals surface area (Å²) in [4.78, 5) is 27.2. The fourth-order valence-electron chi connectivity index (χ4n) is 3.69. The highest BCUT2D eigenvalue weighted by molar-refractivity contribution is 5.89. The van der Waals surface area contributed by atoms with E-state index in [0.717, 1.165) is 5.56 Å². The number of benzene rings is 1. The highest BCUT2D eigenvalue weighted by atomic mass is 19.1. The summed E-state index contributed by atoms with van der Waals surface area (Å²) in [6, 6.07) is 5.00. The molecule has 0 bridgehead atoms. The third kappa shape index (κ3) is 2.72. The quantitative estimate of drug-likeness (QED) is 0.921. The van der Waals surface area contributed by atoms with Gasteiger partial charge in [0, 0.05) is 38.5 Å². The molecule has 0 radical (unpaired) electrons. The standard InChI is InChI=1S/C17H21FN2O3/c1-11-7-12(3-4-14(11)15(21)22)8-20-10-13-9-19(2)6-5-17(13,18)16(20)23/h3-4,7,13H,5-6,8-10H2,1-2H3,(H,21,22)/t13-,17+/m0/s1. The predicted molar refractivity (Wildman–Crippen MR) is 83.0 cm³/mol. The summed E-state index contributed by atoms with van der Waals surface area (Å²) in [5, 5.41) is 9.06. The average Bonchev–Trinajstić information content (AvgIpc) is 2.71. The lowest BCUT2D eigenvalue weighted by molar-refractivity contribution is -0.141. The van der Waals surface area contributed by atoms with Gasteiger partial charge in [-0.15, -0.1) is 0 Å². The molecule has 1 N–H and O–H groups in total. The van der Waals surface area contributed by atoms with Gasteiger partial charge in [0.1, 0.15) is 0 Å². The van der Waals surface area contributed by atoms with E-state index in [-0.39, 0.29) is 17.9 Å². The summed E-state index contributed by atoms with van der Waals surface area (Å²) < 4.78 is 15.0. The van der Waals surface area contributed by atoms with Crippen LogP contribution in [0.25, 0.3) is 0 Å². The number of aryl methyl sites for hydroxylation is 1. The average molecular weight is 320 g/mol. The number of halogens is 1. The lowest BCUT2D eigenvalue weighted by atomic mass is 9.85. The molecule has 0 saturated carbocycles. The number of alkyl halides is 1. The van der Waals surface area contributed by atoms with Crippen molar-refractivity contribution in [2.24, 2.45) is 5.92 Å². The topological polar surface area (TPSA) is 60.9 Å². The Morgan fingerprint density at radius 3 is 2.83 bits per heavy atom. The number of piperidine rings is 1. The van der Waals surface area contributed by atoms with E-state index in [1.54, 1.807) is 30.0 Å². The number of hydrogen-bond donors (Lipinski definition) is 1. The van der Waals surface area contributed by atoms with Crippen molar-refractivity contribution in [1.82, 2.24) is 9.80 Å². The van der Waals surface area contributed by atoms with Crippen LogP contribution >= 0.6 is 0 Å². The van der Waals surface area contributed by atoms with Gasteiger partial charge in [-0.1, -0.05) is 12.1 Å². The molecule has 2 aliphatic heterocycles. The number of nitrogens with zero attached hydrogens (tertiary/aromatic N) is 2. The van der Waals surface area contributed by atoms with E-state index in [4.69, 9.17) is 5.11 Å². The fourth-order valence-corrected chi connectivity index (χ4v) is 3.69. The Morgan fingerprint density at radius 2 is 2.17 bits per heavy atom. The minimum Gasteiger partial charge on any atom is -0.478 e. The van der Waals surface area contributed by atoms with Gasteiger partial charge in [-0.3, -0.25) is 4.79 Å². The molecular weight excluding hydrogens is 299 g/mol. The van der Waals surface area contributed by atoms with Gasteiger partial charge >= 0.3 is 5.97 Å². The Kier molecular flexibility index (Phi) is 3.88. The predicted octanol–water partition coefficient (Wildman–Crippen LogP) is 1.70. The van der Waals surface area contributed by atoms with Gasteiger partial charge in [-0.25, -0.2) is 9.18 Å². The highest BCUT2D eigenvalue weighted by Gasteiger charge is 2.56. The second kappa shape index (κ2) is 5.60. The zero-order chi connectivity index (χ0) is 16.8. The largest absolute Gasteiger partial charge is 0.478 e. The molecule has 6 heteroatoms. The van der Waals surface area contributed by atoms with Gasteiger partial charge < -0.3 is 14.9 Å². The van der Waals surface area contributed by atoms with E-state index in [1.165, 1.54) is 0 Å². The summed E-state index contributed by atoms with van der Waals surface area (Å²) in [5.41, 5.74) is -0.00768. The monoisotopic (exact) mass is 320 g/mol.